The molecule has 0 heterocycles. The Morgan fingerprint density at radius 1 is 1.24 bits per heavy atom. The summed E-state index contributed by atoms with van der Waals surface area (Å²) in [4.78, 5) is 0.314. The number of hydrogen-bond acceptors (Lipinski definition) is 3. The summed E-state index contributed by atoms with van der Waals surface area (Å²) in [6, 6.07) is 13.5. The summed E-state index contributed by atoms with van der Waals surface area (Å²) in [6.07, 6.45) is 0.829. The Balaban J connectivity index is 2.32. The first-order valence-corrected chi connectivity index (χ1v) is 7.33. The number of thiocarbonyl (C=S) groups is 1. The zero-order chi connectivity index (χ0) is 15.2. The smallest absolute Gasteiger partial charge is 0.106 e. The van der Waals surface area contributed by atoms with E-state index in [-0.39, 0.29) is 0 Å². The molecule has 0 aliphatic rings. The molecule has 5 heteroatoms. The summed E-state index contributed by atoms with van der Waals surface area (Å²) in [5.74, 6) is 0. The summed E-state index contributed by atoms with van der Waals surface area (Å²) >= 11 is 11.1. The first-order chi connectivity index (χ1) is 10.1. The monoisotopic (exact) mass is 320 g/mol. The molecule has 21 heavy (non-hydrogen) atoms. The highest BCUT2D eigenvalue weighted by atomic mass is 35.5. The molecule has 2 rings (SSSR count). The lowest BCUT2D eigenvalue weighted by atomic mass is 10.1. The van der Waals surface area contributed by atoms with Gasteiger partial charge in [0.15, 0.2) is 0 Å². The zero-order valence-electron chi connectivity index (χ0n) is 11.7. The Kier molecular flexibility index (Phi) is 5.56. The van der Waals surface area contributed by atoms with Gasteiger partial charge in [-0.3, -0.25) is 0 Å². The number of hydrogen-bond donors (Lipinski definition) is 2. The maximum atomic E-state index is 6.00. The number of methoxy groups -OCH3 is 1. The summed E-state index contributed by atoms with van der Waals surface area (Å²) in [5, 5.41) is 3.98. The van der Waals surface area contributed by atoms with Gasteiger partial charge in [0.1, 0.15) is 4.99 Å². The second-order valence-electron chi connectivity index (χ2n) is 4.58. The average molecular weight is 321 g/mol. The molecule has 2 aromatic rings. The number of para-hydroxylation sites is 1. The Morgan fingerprint density at radius 3 is 2.71 bits per heavy atom. The van der Waals surface area contributed by atoms with Crippen LogP contribution < -0.4 is 11.1 Å². The molecule has 0 aliphatic heterocycles. The SMILES string of the molecule is COCCc1ccccc1Nc1ccc(Cl)cc1C(N)=S. The van der Waals surface area contributed by atoms with E-state index < -0.39 is 0 Å². The van der Waals surface area contributed by atoms with Gasteiger partial charge in [-0.15, -0.1) is 0 Å². The zero-order valence-corrected chi connectivity index (χ0v) is 13.3. The van der Waals surface area contributed by atoms with Gasteiger partial charge in [0.05, 0.1) is 6.61 Å². The maximum absolute atomic E-state index is 6.00. The van der Waals surface area contributed by atoms with E-state index in [4.69, 9.17) is 34.3 Å². The lowest BCUT2D eigenvalue weighted by Crippen LogP contribution is -2.12. The lowest BCUT2D eigenvalue weighted by molar-refractivity contribution is 0.202. The number of ether oxygens (including phenoxy) is 1. The van der Waals surface area contributed by atoms with Crippen LogP contribution in [0.4, 0.5) is 11.4 Å². The van der Waals surface area contributed by atoms with Crippen LogP contribution in [0.3, 0.4) is 0 Å². The minimum Gasteiger partial charge on any atom is -0.389 e. The Bertz CT molecular complexity index is 646. The summed E-state index contributed by atoms with van der Waals surface area (Å²) in [6.45, 7) is 0.668. The number of halogens is 1. The predicted molar refractivity (Wildman–Crippen MR) is 92.6 cm³/mol. The summed E-state index contributed by atoms with van der Waals surface area (Å²) < 4.78 is 5.14. The van der Waals surface area contributed by atoms with Gasteiger partial charge in [-0.2, -0.15) is 0 Å². The van der Waals surface area contributed by atoms with Crippen LogP contribution >= 0.6 is 23.8 Å². The largest absolute Gasteiger partial charge is 0.389 e. The molecule has 0 spiro atoms. The third kappa shape index (κ3) is 4.17. The molecule has 2 aromatic carbocycles. The summed E-state index contributed by atoms with van der Waals surface area (Å²) in [7, 11) is 1.69. The van der Waals surface area contributed by atoms with Crippen LogP contribution in [0.1, 0.15) is 11.1 Å². The second-order valence-corrected chi connectivity index (χ2v) is 5.46. The molecule has 0 bridgehead atoms. The molecule has 0 unspecified atom stereocenters. The van der Waals surface area contributed by atoms with Gasteiger partial charge in [0.2, 0.25) is 0 Å². The van der Waals surface area contributed by atoms with Crippen LogP contribution in [-0.2, 0) is 11.2 Å². The van der Waals surface area contributed by atoms with E-state index in [9.17, 15) is 0 Å². The molecule has 3 N–H and O–H groups in total. The quantitative estimate of drug-likeness (QED) is 0.792. The van der Waals surface area contributed by atoms with Crippen LogP contribution in [0.2, 0.25) is 5.02 Å². The molecular formula is C16H17ClN2OS. The van der Waals surface area contributed by atoms with Crippen molar-refractivity contribution in [3.05, 3.63) is 58.6 Å². The highest BCUT2D eigenvalue weighted by molar-refractivity contribution is 7.80. The first kappa shape index (κ1) is 15.8. The molecule has 0 atom stereocenters. The van der Waals surface area contributed by atoms with E-state index in [0.717, 1.165) is 23.4 Å². The van der Waals surface area contributed by atoms with Gasteiger partial charge < -0.3 is 15.8 Å². The summed E-state index contributed by atoms with van der Waals surface area (Å²) in [5.41, 5.74) is 9.53. The van der Waals surface area contributed by atoms with Gasteiger partial charge in [-0.05, 0) is 36.2 Å². The topological polar surface area (TPSA) is 47.3 Å². The molecule has 0 saturated carbocycles. The Morgan fingerprint density at radius 2 is 2.00 bits per heavy atom. The minimum atomic E-state index is 0.314. The van der Waals surface area contributed by atoms with Gasteiger partial charge in [0.25, 0.3) is 0 Å². The van der Waals surface area contributed by atoms with E-state index >= 15 is 0 Å². The van der Waals surface area contributed by atoms with Crippen LogP contribution in [0.25, 0.3) is 0 Å². The molecule has 110 valence electrons. The molecule has 3 nitrogen and oxygen atoms in total. The van der Waals surface area contributed by atoms with Gasteiger partial charge in [-0.25, -0.2) is 0 Å². The Labute approximate surface area is 135 Å². The minimum absolute atomic E-state index is 0.314. The van der Waals surface area contributed by atoms with Crippen molar-refractivity contribution >= 4 is 40.2 Å². The van der Waals surface area contributed by atoms with Crippen molar-refractivity contribution in [2.45, 2.75) is 6.42 Å². The van der Waals surface area contributed by atoms with E-state index in [1.54, 1.807) is 13.2 Å². The highest BCUT2D eigenvalue weighted by Crippen LogP contribution is 2.26. The van der Waals surface area contributed by atoms with Crippen molar-refractivity contribution in [2.75, 3.05) is 19.0 Å². The lowest BCUT2D eigenvalue weighted by Gasteiger charge is -2.15. The normalized spacial score (nSPS) is 10.4. The van der Waals surface area contributed by atoms with Gasteiger partial charge >= 0.3 is 0 Å². The van der Waals surface area contributed by atoms with Gasteiger partial charge in [-0.1, -0.05) is 42.0 Å². The maximum Gasteiger partial charge on any atom is 0.106 e. The number of nitrogens with one attached hydrogen (secondary N) is 1. The Hall–Kier alpha value is -1.62. The standard InChI is InChI=1S/C16H17ClN2OS/c1-20-9-8-11-4-2-3-5-14(11)19-15-7-6-12(17)10-13(15)16(18)21/h2-7,10,19H,8-9H2,1H3,(H2,18,21). The van der Waals surface area contributed by atoms with Crippen LogP contribution in [0, 0.1) is 0 Å². The first-order valence-electron chi connectivity index (χ1n) is 6.55. The number of anilines is 2. The molecular weight excluding hydrogens is 304 g/mol. The number of rotatable bonds is 6. The van der Waals surface area contributed by atoms with Crippen LogP contribution in [-0.4, -0.2) is 18.7 Å². The van der Waals surface area contributed by atoms with Crippen molar-refractivity contribution in [3.8, 4) is 0 Å². The molecule has 0 fully saturated rings. The van der Waals surface area contributed by atoms with Crippen LogP contribution in [0.5, 0.6) is 0 Å². The van der Waals surface area contributed by atoms with Crippen molar-refractivity contribution in [3.63, 3.8) is 0 Å². The van der Waals surface area contributed by atoms with Crippen molar-refractivity contribution in [1.82, 2.24) is 0 Å². The number of nitrogens with two attached hydrogens (primary N) is 1. The molecule has 0 aromatic heterocycles. The highest BCUT2D eigenvalue weighted by Gasteiger charge is 2.08. The van der Waals surface area contributed by atoms with E-state index in [1.807, 2.05) is 30.3 Å². The molecule has 0 saturated heterocycles. The fourth-order valence-corrected chi connectivity index (χ4v) is 2.39. The van der Waals surface area contributed by atoms with E-state index in [2.05, 4.69) is 11.4 Å². The fraction of sp³-hybridized carbons (Fsp3) is 0.188. The van der Waals surface area contributed by atoms with Crippen molar-refractivity contribution < 1.29 is 4.74 Å². The van der Waals surface area contributed by atoms with Crippen molar-refractivity contribution in [2.24, 2.45) is 5.73 Å². The third-order valence-corrected chi connectivity index (χ3v) is 3.56. The predicted octanol–water partition coefficient (Wildman–Crippen LogP) is 3.91. The van der Waals surface area contributed by atoms with Crippen LogP contribution in [0.15, 0.2) is 42.5 Å². The molecule has 0 amide bonds. The molecule has 0 aliphatic carbocycles. The third-order valence-electron chi connectivity index (χ3n) is 3.11. The molecule has 0 radical (unpaired) electrons. The van der Waals surface area contributed by atoms with E-state index in [1.165, 1.54) is 5.56 Å². The average Bonchev–Trinajstić information content (AvgIpc) is 2.48. The fourth-order valence-electron chi connectivity index (χ4n) is 2.05. The second kappa shape index (κ2) is 7.41. The van der Waals surface area contributed by atoms with Gasteiger partial charge in [0, 0.05) is 29.1 Å². The number of benzene rings is 2. The van der Waals surface area contributed by atoms with Crippen molar-refractivity contribution in [1.29, 1.82) is 0 Å². The van der Waals surface area contributed by atoms with E-state index in [0.29, 0.717) is 16.6 Å².